The Morgan fingerprint density at radius 1 is 1.35 bits per heavy atom. The van der Waals surface area contributed by atoms with E-state index in [-0.39, 0.29) is 18.2 Å². The third-order valence-corrected chi connectivity index (χ3v) is 3.76. The zero-order valence-electron chi connectivity index (χ0n) is 11.0. The van der Waals surface area contributed by atoms with Crippen molar-refractivity contribution in [3.63, 3.8) is 0 Å². The normalized spacial score (nSPS) is 26.3. The molecular weight excluding hydrogens is 218 g/mol. The lowest BCUT2D eigenvalue weighted by molar-refractivity contribution is -0.148. The number of carbonyl (C=O) groups is 2. The maximum Gasteiger partial charge on any atom is 0.307 e. The monoisotopic (exact) mass is 241 g/mol. The van der Waals surface area contributed by atoms with Gasteiger partial charge in [0, 0.05) is 20.5 Å². The predicted octanol–water partition coefficient (Wildman–Crippen LogP) is 1.99. The molecule has 0 spiro atoms. The zero-order valence-corrected chi connectivity index (χ0v) is 11.0. The minimum Gasteiger partial charge on any atom is -0.481 e. The van der Waals surface area contributed by atoms with E-state index in [9.17, 15) is 14.7 Å². The molecule has 0 heterocycles. The predicted molar refractivity (Wildman–Crippen MR) is 65.6 cm³/mol. The average Bonchev–Trinajstić information content (AvgIpc) is 2.24. The molecule has 1 rings (SSSR count). The van der Waals surface area contributed by atoms with Crippen LogP contribution in [0.3, 0.4) is 0 Å². The van der Waals surface area contributed by atoms with Crippen molar-refractivity contribution in [1.82, 2.24) is 4.90 Å². The van der Waals surface area contributed by atoms with E-state index in [2.05, 4.69) is 6.92 Å². The molecule has 1 N–H and O–H groups in total. The standard InChI is InChI=1S/C13H23NO3/c1-9-5-4-6-10(7-9)11(13(16)17)8-12(15)14(2)3/h9-11H,4-8H2,1-3H3,(H,16,17). The number of aliphatic carboxylic acids is 1. The molecule has 1 aliphatic carbocycles. The SMILES string of the molecule is CC1CCCC(C(CC(=O)N(C)C)C(=O)O)C1. The number of hydrogen-bond donors (Lipinski definition) is 1. The van der Waals surface area contributed by atoms with Crippen LogP contribution in [0.25, 0.3) is 0 Å². The Morgan fingerprint density at radius 3 is 2.47 bits per heavy atom. The van der Waals surface area contributed by atoms with E-state index in [1.54, 1.807) is 14.1 Å². The Kier molecular flexibility index (Phi) is 4.97. The summed E-state index contributed by atoms with van der Waals surface area (Å²) in [4.78, 5) is 24.4. The highest BCUT2D eigenvalue weighted by atomic mass is 16.4. The van der Waals surface area contributed by atoms with Gasteiger partial charge in [0.15, 0.2) is 0 Å². The van der Waals surface area contributed by atoms with Crippen LogP contribution in [0.2, 0.25) is 0 Å². The molecule has 17 heavy (non-hydrogen) atoms. The van der Waals surface area contributed by atoms with Gasteiger partial charge in [0.1, 0.15) is 0 Å². The van der Waals surface area contributed by atoms with Crippen molar-refractivity contribution < 1.29 is 14.7 Å². The van der Waals surface area contributed by atoms with Gasteiger partial charge in [0.05, 0.1) is 5.92 Å². The highest BCUT2D eigenvalue weighted by Crippen LogP contribution is 2.35. The number of carbonyl (C=O) groups excluding carboxylic acids is 1. The quantitative estimate of drug-likeness (QED) is 0.819. The van der Waals surface area contributed by atoms with Gasteiger partial charge in [-0.3, -0.25) is 9.59 Å². The molecule has 3 atom stereocenters. The largest absolute Gasteiger partial charge is 0.481 e. The summed E-state index contributed by atoms with van der Waals surface area (Å²) in [5, 5.41) is 9.27. The van der Waals surface area contributed by atoms with Gasteiger partial charge in [-0.05, 0) is 24.7 Å². The summed E-state index contributed by atoms with van der Waals surface area (Å²) in [6, 6.07) is 0. The van der Waals surface area contributed by atoms with Crippen molar-refractivity contribution >= 4 is 11.9 Å². The van der Waals surface area contributed by atoms with Gasteiger partial charge in [-0.1, -0.05) is 19.8 Å². The Labute approximate surface area is 103 Å². The molecule has 0 aromatic rings. The summed E-state index contributed by atoms with van der Waals surface area (Å²) in [7, 11) is 3.34. The number of rotatable bonds is 4. The highest BCUT2D eigenvalue weighted by molar-refractivity contribution is 5.82. The first kappa shape index (κ1) is 14.0. The topological polar surface area (TPSA) is 57.6 Å². The summed E-state index contributed by atoms with van der Waals surface area (Å²) in [5.74, 6) is -0.659. The Hall–Kier alpha value is -1.06. The van der Waals surface area contributed by atoms with Gasteiger partial charge in [-0.15, -0.1) is 0 Å². The Balaban J connectivity index is 2.65. The molecule has 1 aliphatic rings. The van der Waals surface area contributed by atoms with Gasteiger partial charge in [-0.25, -0.2) is 0 Å². The lowest BCUT2D eigenvalue weighted by atomic mass is 9.74. The number of amides is 1. The number of carboxylic acids is 1. The lowest BCUT2D eigenvalue weighted by Gasteiger charge is -2.31. The van der Waals surface area contributed by atoms with Crippen molar-refractivity contribution in [2.24, 2.45) is 17.8 Å². The molecule has 4 heteroatoms. The second-order valence-corrected chi connectivity index (χ2v) is 5.47. The van der Waals surface area contributed by atoms with Crippen LogP contribution < -0.4 is 0 Å². The first-order valence-corrected chi connectivity index (χ1v) is 6.34. The van der Waals surface area contributed by atoms with Crippen LogP contribution in [0.4, 0.5) is 0 Å². The van der Waals surface area contributed by atoms with Crippen LogP contribution in [0, 0.1) is 17.8 Å². The van der Waals surface area contributed by atoms with E-state index in [1.807, 2.05) is 0 Å². The summed E-state index contributed by atoms with van der Waals surface area (Å²) in [6.45, 7) is 2.17. The van der Waals surface area contributed by atoms with Crippen molar-refractivity contribution in [2.45, 2.75) is 39.0 Å². The molecule has 1 amide bonds. The molecule has 0 aliphatic heterocycles. The average molecular weight is 241 g/mol. The fraction of sp³-hybridized carbons (Fsp3) is 0.846. The fourth-order valence-electron chi connectivity index (χ4n) is 2.67. The van der Waals surface area contributed by atoms with Crippen LogP contribution in [0.1, 0.15) is 39.0 Å². The maximum atomic E-state index is 11.6. The van der Waals surface area contributed by atoms with Crippen molar-refractivity contribution in [2.75, 3.05) is 14.1 Å². The summed E-state index contributed by atoms with van der Waals surface area (Å²) < 4.78 is 0. The van der Waals surface area contributed by atoms with Gasteiger partial charge in [0.25, 0.3) is 0 Å². The van der Waals surface area contributed by atoms with Crippen LogP contribution in [0.15, 0.2) is 0 Å². The zero-order chi connectivity index (χ0) is 13.0. The lowest BCUT2D eigenvalue weighted by Crippen LogP contribution is -2.33. The van der Waals surface area contributed by atoms with E-state index < -0.39 is 11.9 Å². The van der Waals surface area contributed by atoms with Crippen molar-refractivity contribution in [3.05, 3.63) is 0 Å². The highest BCUT2D eigenvalue weighted by Gasteiger charge is 2.33. The Morgan fingerprint density at radius 2 is 2.00 bits per heavy atom. The molecule has 0 aromatic carbocycles. The second-order valence-electron chi connectivity index (χ2n) is 5.47. The third kappa shape index (κ3) is 4.02. The first-order valence-electron chi connectivity index (χ1n) is 6.34. The molecule has 4 nitrogen and oxygen atoms in total. The second kappa shape index (κ2) is 6.03. The van der Waals surface area contributed by atoms with Gasteiger partial charge >= 0.3 is 5.97 Å². The third-order valence-electron chi connectivity index (χ3n) is 3.76. The summed E-state index contributed by atoms with van der Waals surface area (Å²) in [6.07, 6.45) is 4.30. The number of nitrogens with zero attached hydrogens (tertiary/aromatic N) is 1. The molecule has 1 saturated carbocycles. The molecule has 0 aromatic heterocycles. The first-order chi connectivity index (χ1) is 7.91. The smallest absolute Gasteiger partial charge is 0.307 e. The van der Waals surface area contributed by atoms with Gasteiger partial charge < -0.3 is 10.0 Å². The molecule has 0 saturated heterocycles. The minimum atomic E-state index is -0.820. The number of hydrogen-bond acceptors (Lipinski definition) is 2. The number of carboxylic acid groups (broad SMARTS) is 1. The van der Waals surface area contributed by atoms with E-state index in [0.717, 1.165) is 19.3 Å². The van der Waals surface area contributed by atoms with Crippen LogP contribution >= 0.6 is 0 Å². The van der Waals surface area contributed by atoms with Crippen molar-refractivity contribution in [1.29, 1.82) is 0 Å². The fourth-order valence-corrected chi connectivity index (χ4v) is 2.67. The molecule has 3 unspecified atom stereocenters. The van der Waals surface area contributed by atoms with E-state index in [1.165, 1.54) is 11.3 Å². The molecule has 98 valence electrons. The van der Waals surface area contributed by atoms with Crippen LogP contribution in [-0.2, 0) is 9.59 Å². The minimum absolute atomic E-state index is 0.0874. The van der Waals surface area contributed by atoms with Crippen molar-refractivity contribution in [3.8, 4) is 0 Å². The summed E-state index contributed by atoms with van der Waals surface area (Å²) >= 11 is 0. The van der Waals surface area contributed by atoms with Gasteiger partial charge in [-0.2, -0.15) is 0 Å². The van der Waals surface area contributed by atoms with Crippen LogP contribution in [0.5, 0.6) is 0 Å². The van der Waals surface area contributed by atoms with Crippen LogP contribution in [-0.4, -0.2) is 36.0 Å². The molecule has 0 bridgehead atoms. The Bertz CT molecular complexity index is 288. The maximum absolute atomic E-state index is 11.6. The van der Waals surface area contributed by atoms with E-state index >= 15 is 0 Å². The molecule has 1 fully saturated rings. The van der Waals surface area contributed by atoms with E-state index in [0.29, 0.717) is 5.92 Å². The molecule has 0 radical (unpaired) electrons. The van der Waals surface area contributed by atoms with E-state index in [4.69, 9.17) is 0 Å². The summed E-state index contributed by atoms with van der Waals surface area (Å²) in [5.41, 5.74) is 0. The van der Waals surface area contributed by atoms with Gasteiger partial charge in [0.2, 0.25) is 5.91 Å². The molecular formula is C13H23NO3.